The van der Waals surface area contributed by atoms with Crippen molar-refractivity contribution >= 4 is 29.9 Å². The van der Waals surface area contributed by atoms with E-state index in [1.807, 2.05) is 16.7 Å². The maximum Gasteiger partial charge on any atom is 0.230 e. The summed E-state index contributed by atoms with van der Waals surface area (Å²) in [5, 5.41) is 10.1. The number of aryl methyl sites for hydroxylation is 1. The Bertz CT molecular complexity index is 731. The summed E-state index contributed by atoms with van der Waals surface area (Å²) in [4.78, 5) is 13.0. The van der Waals surface area contributed by atoms with Crippen molar-refractivity contribution in [1.29, 1.82) is 0 Å². The zero-order valence-electron chi connectivity index (χ0n) is 13.0. The third-order valence-corrected chi connectivity index (χ3v) is 5.10. The lowest BCUT2D eigenvalue weighted by Crippen LogP contribution is -2.29. The number of nitrogens with one attached hydrogen (secondary N) is 2. The average Bonchev–Trinajstić information content (AvgIpc) is 3.32. The van der Waals surface area contributed by atoms with Crippen LogP contribution in [0, 0.1) is 11.7 Å². The molecule has 1 aromatic heterocycles. The van der Waals surface area contributed by atoms with Crippen LogP contribution in [-0.2, 0) is 11.3 Å². The molecule has 3 rings (SSSR count). The molecule has 23 heavy (non-hydrogen) atoms. The number of carbonyl (C=O) groups excluding carboxylic acids is 1. The van der Waals surface area contributed by atoms with E-state index in [4.69, 9.17) is 12.2 Å². The molecule has 0 aliphatic heterocycles. The molecule has 1 saturated carbocycles. The van der Waals surface area contributed by atoms with E-state index in [1.54, 1.807) is 11.8 Å². The first-order chi connectivity index (χ1) is 11.1. The molecular weight excluding hydrogens is 328 g/mol. The second-order valence-electron chi connectivity index (χ2n) is 5.76. The smallest absolute Gasteiger partial charge is 0.230 e. The summed E-state index contributed by atoms with van der Waals surface area (Å²) in [6.45, 7) is 3.29. The van der Waals surface area contributed by atoms with Crippen molar-refractivity contribution in [1.82, 2.24) is 20.1 Å². The van der Waals surface area contributed by atoms with E-state index in [9.17, 15) is 4.79 Å². The number of amides is 1. The molecule has 0 unspecified atom stereocenters. The largest absolute Gasteiger partial charge is 0.354 e. The highest BCUT2D eigenvalue weighted by atomic mass is 32.2. The van der Waals surface area contributed by atoms with E-state index in [1.165, 1.54) is 18.4 Å². The zero-order valence-corrected chi connectivity index (χ0v) is 14.7. The summed E-state index contributed by atoms with van der Waals surface area (Å²) < 4.78 is 2.63. The van der Waals surface area contributed by atoms with Crippen molar-refractivity contribution in [2.45, 2.75) is 37.1 Å². The highest BCUT2D eigenvalue weighted by Crippen LogP contribution is 2.38. The molecule has 1 aliphatic carbocycles. The average molecular weight is 348 g/mol. The fourth-order valence-corrected chi connectivity index (χ4v) is 3.30. The molecule has 0 bridgehead atoms. The number of rotatable bonds is 7. The van der Waals surface area contributed by atoms with Crippen molar-refractivity contribution in [2.75, 3.05) is 12.3 Å². The van der Waals surface area contributed by atoms with Crippen LogP contribution < -0.4 is 5.32 Å². The third kappa shape index (κ3) is 4.45. The molecule has 0 saturated heterocycles. The molecule has 7 heteroatoms. The fraction of sp³-hybridized carbons (Fsp3) is 0.438. The van der Waals surface area contributed by atoms with E-state index in [2.05, 4.69) is 34.6 Å². The van der Waals surface area contributed by atoms with Crippen molar-refractivity contribution in [3.05, 3.63) is 40.4 Å². The van der Waals surface area contributed by atoms with E-state index in [0.29, 0.717) is 29.5 Å². The summed E-state index contributed by atoms with van der Waals surface area (Å²) in [7, 11) is 0. The predicted octanol–water partition coefficient (Wildman–Crippen LogP) is 3.04. The number of aromatic amines is 1. The van der Waals surface area contributed by atoms with Gasteiger partial charge in [0.1, 0.15) is 5.82 Å². The van der Waals surface area contributed by atoms with Crippen LogP contribution in [0.4, 0.5) is 0 Å². The topological polar surface area (TPSA) is 62.7 Å². The Balaban J connectivity index is 1.43. The van der Waals surface area contributed by atoms with Crippen LogP contribution in [0.25, 0.3) is 0 Å². The number of aromatic nitrogens is 3. The first-order valence-corrected chi connectivity index (χ1v) is 9.14. The lowest BCUT2D eigenvalue weighted by molar-refractivity contribution is -0.118. The molecule has 1 heterocycles. The number of benzene rings is 1. The minimum atomic E-state index is 0.0403. The summed E-state index contributed by atoms with van der Waals surface area (Å²) >= 11 is 6.80. The van der Waals surface area contributed by atoms with Crippen LogP contribution in [0.1, 0.15) is 30.1 Å². The van der Waals surface area contributed by atoms with Gasteiger partial charge in [0, 0.05) is 23.9 Å². The maximum absolute atomic E-state index is 11.9. The van der Waals surface area contributed by atoms with Crippen LogP contribution in [0.5, 0.6) is 0 Å². The molecule has 122 valence electrons. The van der Waals surface area contributed by atoms with Gasteiger partial charge in [-0.2, -0.15) is 5.10 Å². The lowest BCUT2D eigenvalue weighted by Gasteiger charge is -2.08. The molecule has 5 nitrogen and oxygen atoms in total. The Morgan fingerprint density at radius 3 is 2.87 bits per heavy atom. The number of carbonyl (C=O) groups is 1. The van der Waals surface area contributed by atoms with Gasteiger partial charge in [-0.15, -0.1) is 11.8 Å². The van der Waals surface area contributed by atoms with E-state index < -0.39 is 0 Å². The van der Waals surface area contributed by atoms with Gasteiger partial charge in [-0.3, -0.25) is 9.89 Å². The second-order valence-corrected chi connectivity index (χ2v) is 7.20. The van der Waals surface area contributed by atoms with Gasteiger partial charge in [0.15, 0.2) is 4.77 Å². The molecule has 0 spiro atoms. The molecule has 2 N–H and O–H groups in total. The van der Waals surface area contributed by atoms with E-state index >= 15 is 0 Å². The highest BCUT2D eigenvalue weighted by Gasteiger charge is 2.28. The Labute approximate surface area is 144 Å². The van der Waals surface area contributed by atoms with Crippen LogP contribution >= 0.6 is 24.0 Å². The fourth-order valence-electron chi connectivity index (χ4n) is 2.34. The van der Waals surface area contributed by atoms with Crippen molar-refractivity contribution in [2.24, 2.45) is 0 Å². The number of hydrogen-bond donors (Lipinski definition) is 2. The Kier molecular flexibility index (Phi) is 5.17. The van der Waals surface area contributed by atoms with Crippen LogP contribution in [0.2, 0.25) is 0 Å². The van der Waals surface area contributed by atoms with Gasteiger partial charge in [0.2, 0.25) is 5.91 Å². The Morgan fingerprint density at radius 1 is 1.43 bits per heavy atom. The molecule has 1 aliphatic rings. The minimum Gasteiger partial charge on any atom is -0.354 e. The first-order valence-electron chi connectivity index (χ1n) is 7.75. The highest BCUT2D eigenvalue weighted by molar-refractivity contribution is 8.00. The normalized spacial score (nSPS) is 14.0. The molecule has 1 fully saturated rings. The first kappa shape index (κ1) is 16.3. The number of thioether (sulfide) groups is 1. The molecule has 1 amide bonds. The number of hydrogen-bond acceptors (Lipinski definition) is 4. The van der Waals surface area contributed by atoms with Crippen LogP contribution in [-0.4, -0.2) is 33.0 Å². The molecule has 1 aromatic carbocycles. The van der Waals surface area contributed by atoms with Crippen molar-refractivity contribution in [3.63, 3.8) is 0 Å². The van der Waals surface area contributed by atoms with Gasteiger partial charge in [-0.25, -0.2) is 0 Å². The van der Waals surface area contributed by atoms with Gasteiger partial charge in [0.25, 0.3) is 0 Å². The third-order valence-electron chi connectivity index (χ3n) is 3.78. The zero-order chi connectivity index (χ0) is 16.2. The van der Waals surface area contributed by atoms with E-state index in [0.717, 1.165) is 10.7 Å². The van der Waals surface area contributed by atoms with Crippen LogP contribution in [0.15, 0.2) is 29.2 Å². The summed E-state index contributed by atoms with van der Waals surface area (Å²) in [6.07, 6.45) is 2.36. The van der Waals surface area contributed by atoms with Crippen LogP contribution in [0.3, 0.4) is 0 Å². The van der Waals surface area contributed by atoms with Gasteiger partial charge in [-0.1, -0.05) is 17.7 Å². The standard InChI is InChI=1S/C16H20N4OS2/c1-11-2-6-13(7-3-11)23-10-14(21)17-8-9-20-15(12-4-5-12)18-19-16(20)22/h2-3,6-7,12H,4-5,8-10H2,1H3,(H,17,21)(H,19,22). The number of H-pyrrole nitrogens is 1. The van der Waals surface area contributed by atoms with Crippen molar-refractivity contribution in [3.8, 4) is 0 Å². The summed E-state index contributed by atoms with van der Waals surface area (Å²) in [5.41, 5.74) is 1.22. The number of nitrogens with zero attached hydrogens (tertiary/aromatic N) is 2. The van der Waals surface area contributed by atoms with Gasteiger partial charge < -0.3 is 9.88 Å². The molecule has 2 aromatic rings. The lowest BCUT2D eigenvalue weighted by atomic mass is 10.2. The Morgan fingerprint density at radius 2 is 2.17 bits per heavy atom. The van der Waals surface area contributed by atoms with Crippen molar-refractivity contribution < 1.29 is 4.79 Å². The van der Waals surface area contributed by atoms with Gasteiger partial charge >= 0.3 is 0 Å². The second kappa shape index (κ2) is 7.31. The molecule has 0 atom stereocenters. The minimum absolute atomic E-state index is 0.0403. The monoisotopic (exact) mass is 348 g/mol. The predicted molar refractivity (Wildman–Crippen MR) is 94.3 cm³/mol. The molecule has 0 radical (unpaired) electrons. The van der Waals surface area contributed by atoms with Gasteiger partial charge in [-0.05, 0) is 44.1 Å². The summed E-state index contributed by atoms with van der Waals surface area (Å²) in [5.74, 6) is 2.03. The SMILES string of the molecule is Cc1ccc(SCC(=O)NCCn2c(C3CC3)n[nH]c2=S)cc1. The Hall–Kier alpha value is -1.60. The van der Waals surface area contributed by atoms with E-state index in [-0.39, 0.29) is 5.91 Å². The summed E-state index contributed by atoms with van der Waals surface area (Å²) in [6, 6.07) is 8.20. The molecular formula is C16H20N4OS2. The van der Waals surface area contributed by atoms with Gasteiger partial charge in [0.05, 0.1) is 5.75 Å². The quantitative estimate of drug-likeness (QED) is 0.596. The maximum atomic E-state index is 11.9.